The summed E-state index contributed by atoms with van der Waals surface area (Å²) in [5, 5.41) is 7.93. The van der Waals surface area contributed by atoms with Crippen LogP contribution in [0.15, 0.2) is 24.5 Å². The standard InChI is InChI=1S/C8H13.C5H2F6O2.Pd/c1-4-6-7-8(3)5-2;6-4(7,8)2(12)1-3(13)5(9,10)11;/h4-6,8H,1-2,7H2,3H3;1,12H;/b;2-1-;. The SMILES string of the molecule is O=C(/C=C(\O)C(F)(F)F)C(F)(F)F.[CH2][CH][CH]CC(C)C=C.[Pd]. The maximum Gasteiger partial charge on any atom is 0.454 e. The summed E-state index contributed by atoms with van der Waals surface area (Å²) in [5.74, 6) is -4.75. The van der Waals surface area contributed by atoms with Crippen LogP contribution in [0.25, 0.3) is 0 Å². The molecule has 0 saturated carbocycles. The van der Waals surface area contributed by atoms with Crippen LogP contribution in [0, 0.1) is 25.7 Å². The number of halogens is 6. The van der Waals surface area contributed by atoms with Crippen LogP contribution in [-0.4, -0.2) is 23.2 Å². The number of allylic oxidation sites excluding steroid dienone is 3. The first-order valence-corrected chi connectivity index (χ1v) is 5.52. The molecule has 0 amide bonds. The minimum atomic E-state index is -5.42. The van der Waals surface area contributed by atoms with E-state index in [0.717, 1.165) is 6.42 Å². The van der Waals surface area contributed by atoms with E-state index in [1.165, 1.54) is 0 Å². The molecular formula is C13H15F6O2Pd. The van der Waals surface area contributed by atoms with Gasteiger partial charge in [0.1, 0.15) is 0 Å². The molecule has 9 heteroatoms. The summed E-state index contributed by atoms with van der Waals surface area (Å²) in [5.41, 5.74) is 0. The second-order valence-corrected chi connectivity index (χ2v) is 3.81. The Morgan fingerprint density at radius 1 is 1.18 bits per heavy atom. The Kier molecular flexibility index (Phi) is 13.9. The molecule has 0 aliphatic rings. The summed E-state index contributed by atoms with van der Waals surface area (Å²) in [4.78, 5) is 9.86. The van der Waals surface area contributed by atoms with Crippen molar-refractivity contribution in [1.29, 1.82) is 0 Å². The first-order chi connectivity index (χ1) is 9.36. The monoisotopic (exact) mass is 423 g/mol. The fourth-order valence-electron chi connectivity index (χ4n) is 0.695. The van der Waals surface area contributed by atoms with Gasteiger partial charge in [0.15, 0.2) is 0 Å². The normalized spacial score (nSPS) is 13.4. The maximum absolute atomic E-state index is 11.4. The number of aliphatic hydroxyl groups excluding tert-OH is 1. The molecular weight excluding hydrogens is 409 g/mol. The number of hydrogen-bond acceptors (Lipinski definition) is 2. The van der Waals surface area contributed by atoms with Crippen LogP contribution in [-0.2, 0) is 25.2 Å². The largest absolute Gasteiger partial charge is 0.504 e. The first-order valence-electron chi connectivity index (χ1n) is 5.52. The quantitative estimate of drug-likeness (QED) is 0.231. The molecule has 0 aromatic carbocycles. The summed E-state index contributed by atoms with van der Waals surface area (Å²) in [6.07, 6.45) is -4.81. The predicted octanol–water partition coefficient (Wildman–Crippen LogP) is 4.56. The van der Waals surface area contributed by atoms with Gasteiger partial charge in [0.2, 0.25) is 5.76 Å². The Morgan fingerprint density at radius 3 is 1.91 bits per heavy atom. The molecule has 0 spiro atoms. The fourth-order valence-corrected chi connectivity index (χ4v) is 0.695. The number of alkyl halides is 6. The smallest absolute Gasteiger partial charge is 0.454 e. The van der Waals surface area contributed by atoms with Gasteiger partial charge in [-0.2, -0.15) is 26.3 Å². The van der Waals surface area contributed by atoms with E-state index in [0.29, 0.717) is 5.92 Å². The number of carbonyl (C=O) groups excluding carboxylic acids is 1. The van der Waals surface area contributed by atoms with E-state index in [1.807, 2.05) is 18.9 Å². The van der Waals surface area contributed by atoms with Gasteiger partial charge in [-0.25, -0.2) is 0 Å². The third kappa shape index (κ3) is 14.1. The Morgan fingerprint density at radius 2 is 1.64 bits per heavy atom. The average molecular weight is 424 g/mol. The molecule has 0 rings (SSSR count). The Bertz CT molecular complexity index is 361. The van der Waals surface area contributed by atoms with Crippen LogP contribution in [0.1, 0.15) is 13.3 Å². The van der Waals surface area contributed by atoms with Crippen molar-refractivity contribution in [1.82, 2.24) is 0 Å². The van der Waals surface area contributed by atoms with Crippen molar-refractivity contribution < 1.29 is 56.7 Å². The Hall–Kier alpha value is -0.808. The van der Waals surface area contributed by atoms with Gasteiger partial charge in [-0.3, -0.25) is 4.79 Å². The van der Waals surface area contributed by atoms with E-state index in [-0.39, 0.29) is 20.4 Å². The van der Waals surface area contributed by atoms with Gasteiger partial charge in [-0.15, -0.1) is 6.58 Å². The van der Waals surface area contributed by atoms with E-state index < -0.39 is 30.0 Å². The third-order valence-electron chi connectivity index (χ3n) is 1.91. The summed E-state index contributed by atoms with van der Waals surface area (Å²) in [7, 11) is 0. The molecule has 1 unspecified atom stereocenters. The second-order valence-electron chi connectivity index (χ2n) is 3.81. The number of hydrogen-bond donors (Lipinski definition) is 1. The van der Waals surface area contributed by atoms with Crippen LogP contribution < -0.4 is 0 Å². The van der Waals surface area contributed by atoms with E-state index in [1.54, 1.807) is 0 Å². The van der Waals surface area contributed by atoms with Gasteiger partial charge in [0.25, 0.3) is 5.78 Å². The molecule has 3 radical (unpaired) electrons. The van der Waals surface area contributed by atoms with Crippen molar-refractivity contribution in [2.75, 3.05) is 0 Å². The third-order valence-corrected chi connectivity index (χ3v) is 1.91. The molecule has 0 aliphatic carbocycles. The molecule has 0 aliphatic heterocycles. The van der Waals surface area contributed by atoms with Crippen LogP contribution in [0.5, 0.6) is 0 Å². The van der Waals surface area contributed by atoms with Gasteiger partial charge in [-0.1, -0.05) is 13.0 Å². The molecule has 2 nitrogen and oxygen atoms in total. The molecule has 0 bridgehead atoms. The van der Waals surface area contributed by atoms with E-state index in [4.69, 9.17) is 5.11 Å². The van der Waals surface area contributed by atoms with Crippen molar-refractivity contribution in [2.45, 2.75) is 25.7 Å². The van der Waals surface area contributed by atoms with Gasteiger partial charge in [-0.05, 0) is 32.1 Å². The van der Waals surface area contributed by atoms with Crippen molar-refractivity contribution in [2.24, 2.45) is 5.92 Å². The summed E-state index contributed by atoms with van der Waals surface area (Å²) < 4.78 is 68.1. The molecule has 131 valence electrons. The van der Waals surface area contributed by atoms with Crippen molar-refractivity contribution in [3.63, 3.8) is 0 Å². The van der Waals surface area contributed by atoms with Gasteiger partial charge < -0.3 is 5.11 Å². The molecule has 1 N–H and O–H groups in total. The number of unbranched alkanes of at least 4 members (excludes halogenated alkanes) is 1. The van der Waals surface area contributed by atoms with Gasteiger partial charge in [0, 0.05) is 26.5 Å². The maximum atomic E-state index is 11.4. The zero-order valence-corrected chi connectivity index (χ0v) is 13.0. The first kappa shape index (κ1) is 26.1. The van der Waals surface area contributed by atoms with Gasteiger partial charge >= 0.3 is 12.4 Å². The van der Waals surface area contributed by atoms with Crippen LogP contribution >= 0.6 is 0 Å². The van der Waals surface area contributed by atoms with Crippen molar-refractivity contribution in [3.05, 3.63) is 44.3 Å². The fraction of sp³-hybridized carbons (Fsp3) is 0.385. The summed E-state index contributed by atoms with van der Waals surface area (Å²) in [6, 6.07) is 0. The van der Waals surface area contributed by atoms with Crippen LogP contribution in [0.4, 0.5) is 26.3 Å². The van der Waals surface area contributed by atoms with Crippen molar-refractivity contribution >= 4 is 5.78 Å². The molecule has 0 aromatic rings. The number of carbonyl (C=O) groups is 1. The van der Waals surface area contributed by atoms with Crippen molar-refractivity contribution in [3.8, 4) is 0 Å². The molecule has 0 aromatic heterocycles. The zero-order valence-electron chi connectivity index (χ0n) is 11.4. The van der Waals surface area contributed by atoms with Gasteiger partial charge in [0.05, 0.1) is 0 Å². The Balaban J connectivity index is -0.000000348. The van der Waals surface area contributed by atoms with Crippen LogP contribution in [0.3, 0.4) is 0 Å². The Labute approximate surface area is 138 Å². The number of rotatable bonds is 5. The molecule has 0 saturated heterocycles. The molecule has 1 atom stereocenters. The molecule has 22 heavy (non-hydrogen) atoms. The topological polar surface area (TPSA) is 37.3 Å². The molecule has 0 fully saturated rings. The van der Waals surface area contributed by atoms with E-state index >= 15 is 0 Å². The van der Waals surface area contributed by atoms with Crippen LogP contribution in [0.2, 0.25) is 0 Å². The number of ketones is 1. The zero-order chi connectivity index (χ0) is 17.3. The second kappa shape index (κ2) is 11.7. The predicted molar refractivity (Wildman–Crippen MR) is 65.8 cm³/mol. The average Bonchev–Trinajstić information content (AvgIpc) is 2.34. The van der Waals surface area contributed by atoms with E-state index in [9.17, 15) is 31.1 Å². The summed E-state index contributed by atoms with van der Waals surface area (Å²) in [6.45, 7) is 9.37. The minimum Gasteiger partial charge on any atom is -0.504 e. The molecule has 0 heterocycles. The number of aliphatic hydroxyl groups is 1. The van der Waals surface area contributed by atoms with E-state index in [2.05, 4.69) is 20.4 Å². The summed E-state index contributed by atoms with van der Waals surface area (Å²) >= 11 is 0. The minimum absolute atomic E-state index is 0.